The Hall–Kier alpha value is -2.92. The summed E-state index contributed by atoms with van der Waals surface area (Å²) in [5.41, 5.74) is 10.8. The number of benzene rings is 2. The summed E-state index contributed by atoms with van der Waals surface area (Å²) in [5.74, 6) is 2.12. The van der Waals surface area contributed by atoms with Crippen LogP contribution in [0.25, 0.3) is 5.69 Å². The van der Waals surface area contributed by atoms with Crippen LogP contribution in [0.4, 0.5) is 0 Å². The molecule has 0 spiro atoms. The lowest BCUT2D eigenvalue weighted by Gasteiger charge is -2.13. The summed E-state index contributed by atoms with van der Waals surface area (Å²) in [6.45, 7) is 1.93. The molecule has 1 atom stereocenters. The summed E-state index contributed by atoms with van der Waals surface area (Å²) in [6, 6.07) is 13.5. The molecule has 2 heterocycles. The van der Waals surface area contributed by atoms with Gasteiger partial charge in [-0.3, -0.25) is 14.4 Å². The van der Waals surface area contributed by atoms with Gasteiger partial charge in [-0.25, -0.2) is 4.98 Å². The van der Waals surface area contributed by atoms with Crippen LogP contribution in [0.5, 0.6) is 0 Å². The first-order chi connectivity index (χ1) is 13.0. The van der Waals surface area contributed by atoms with Gasteiger partial charge in [0.1, 0.15) is 6.33 Å². The molecule has 0 radical (unpaired) electrons. The molecular weight excluding hydrogens is 451 g/mol. The Labute approximate surface area is 170 Å². The molecule has 0 bridgehead atoms. The quantitative estimate of drug-likeness (QED) is 0.464. The van der Waals surface area contributed by atoms with E-state index in [9.17, 15) is 4.79 Å². The molecule has 1 aliphatic rings. The number of nitrogens with two attached hydrogens (primary N) is 1. The van der Waals surface area contributed by atoms with Crippen molar-refractivity contribution >= 4 is 34.2 Å². The summed E-state index contributed by atoms with van der Waals surface area (Å²) in [6.07, 6.45) is 7.25. The largest absolute Gasteiger partial charge is 0.364 e. The second kappa shape index (κ2) is 6.67. The molecule has 132 valence electrons. The Balaban J connectivity index is 2.08. The van der Waals surface area contributed by atoms with Gasteiger partial charge in [0.05, 0.1) is 23.1 Å². The smallest absolute Gasteiger partial charge is 0.269 e. The average Bonchev–Trinajstić information content (AvgIpc) is 3.07. The van der Waals surface area contributed by atoms with Gasteiger partial charge < -0.3 is 5.73 Å². The van der Waals surface area contributed by atoms with Crippen molar-refractivity contribution in [1.29, 1.82) is 0 Å². The van der Waals surface area contributed by atoms with Crippen LogP contribution in [0.15, 0.2) is 53.8 Å². The van der Waals surface area contributed by atoms with Gasteiger partial charge in [-0.1, -0.05) is 24.1 Å². The van der Waals surface area contributed by atoms with Crippen LogP contribution in [0.1, 0.15) is 45.8 Å². The number of amides is 1. The molecular formula is C21H15IN4O. The number of terminal acetylenes is 1. The van der Waals surface area contributed by atoms with Crippen LogP contribution >= 0.6 is 22.6 Å². The minimum Gasteiger partial charge on any atom is -0.364 e. The molecule has 27 heavy (non-hydrogen) atoms. The van der Waals surface area contributed by atoms with Crippen LogP contribution in [-0.2, 0) is 0 Å². The number of hydrogen-bond acceptors (Lipinski definition) is 3. The molecule has 2 aromatic carbocycles. The Bertz CT molecular complexity index is 1150. The number of halogens is 1. The lowest BCUT2D eigenvalue weighted by Crippen LogP contribution is -2.15. The van der Waals surface area contributed by atoms with E-state index >= 15 is 0 Å². The SMILES string of the molecule is C#Cc1ccc2c(c1)C(c1ccccc1I)=N[C@H](C)c1c(C(N)=O)ncn1-2. The van der Waals surface area contributed by atoms with Crippen molar-refractivity contribution in [3.8, 4) is 18.0 Å². The van der Waals surface area contributed by atoms with E-state index in [1.165, 1.54) is 0 Å². The third-order valence-electron chi connectivity index (χ3n) is 4.56. The molecule has 2 N–H and O–H groups in total. The zero-order valence-corrected chi connectivity index (χ0v) is 16.6. The summed E-state index contributed by atoms with van der Waals surface area (Å²) < 4.78 is 2.96. The van der Waals surface area contributed by atoms with E-state index in [1.807, 2.05) is 54.0 Å². The van der Waals surface area contributed by atoms with Crippen molar-refractivity contribution in [3.63, 3.8) is 0 Å². The van der Waals surface area contributed by atoms with Crippen molar-refractivity contribution in [2.75, 3.05) is 0 Å². The Morgan fingerprint density at radius 1 is 1.26 bits per heavy atom. The third-order valence-corrected chi connectivity index (χ3v) is 5.50. The standard InChI is InChI=1S/C21H15IN4O/c1-3-13-8-9-17-15(10-13)18(14-6-4-5-7-16(14)22)25-12(2)20-19(21(23)27)24-11-26(17)20/h1,4-12H,2H3,(H2,23,27)/t12-/m1/s1. The van der Waals surface area contributed by atoms with Crippen molar-refractivity contribution in [2.45, 2.75) is 13.0 Å². The van der Waals surface area contributed by atoms with Crippen LogP contribution in [-0.4, -0.2) is 21.2 Å². The zero-order chi connectivity index (χ0) is 19.1. The predicted molar refractivity (Wildman–Crippen MR) is 113 cm³/mol. The first-order valence-electron chi connectivity index (χ1n) is 8.32. The van der Waals surface area contributed by atoms with Crippen LogP contribution < -0.4 is 5.73 Å². The topological polar surface area (TPSA) is 73.3 Å². The molecule has 1 aromatic heterocycles. The number of imidazole rings is 1. The molecule has 0 fully saturated rings. The lowest BCUT2D eigenvalue weighted by atomic mass is 9.98. The number of aliphatic imine (C=N–C) groups is 1. The molecule has 1 aliphatic heterocycles. The van der Waals surface area contributed by atoms with E-state index in [-0.39, 0.29) is 11.7 Å². The second-order valence-corrected chi connectivity index (χ2v) is 7.38. The maximum absolute atomic E-state index is 11.9. The Kier molecular flexibility index (Phi) is 4.32. The number of aromatic nitrogens is 2. The van der Waals surface area contributed by atoms with Crippen LogP contribution in [0.2, 0.25) is 0 Å². The lowest BCUT2D eigenvalue weighted by molar-refractivity contribution is 0.0994. The molecule has 0 saturated heterocycles. The first kappa shape index (κ1) is 17.5. The van der Waals surface area contributed by atoms with E-state index in [4.69, 9.17) is 17.1 Å². The molecule has 0 aliphatic carbocycles. The molecule has 0 unspecified atom stereocenters. The molecule has 0 saturated carbocycles. The fourth-order valence-electron chi connectivity index (χ4n) is 3.36. The first-order valence-corrected chi connectivity index (χ1v) is 9.40. The highest BCUT2D eigenvalue weighted by Crippen LogP contribution is 2.33. The highest BCUT2D eigenvalue weighted by Gasteiger charge is 2.28. The van der Waals surface area contributed by atoms with Gasteiger partial charge >= 0.3 is 0 Å². The normalized spacial score (nSPS) is 15.1. The van der Waals surface area contributed by atoms with Gasteiger partial charge in [-0.05, 0) is 53.8 Å². The van der Waals surface area contributed by atoms with Crippen molar-refractivity contribution in [1.82, 2.24) is 9.55 Å². The number of hydrogen-bond donors (Lipinski definition) is 1. The number of nitrogens with zero attached hydrogens (tertiary/aromatic N) is 3. The van der Waals surface area contributed by atoms with Crippen molar-refractivity contribution < 1.29 is 4.79 Å². The molecule has 5 nitrogen and oxygen atoms in total. The Morgan fingerprint density at radius 3 is 2.74 bits per heavy atom. The van der Waals surface area contributed by atoms with Crippen molar-refractivity contribution in [3.05, 3.63) is 80.4 Å². The number of primary amides is 1. The van der Waals surface area contributed by atoms with Gasteiger partial charge in [0, 0.05) is 20.3 Å². The maximum atomic E-state index is 11.9. The average molecular weight is 466 g/mol. The van der Waals surface area contributed by atoms with Gasteiger partial charge in [-0.2, -0.15) is 0 Å². The van der Waals surface area contributed by atoms with E-state index in [0.717, 1.165) is 31.7 Å². The van der Waals surface area contributed by atoms with Gasteiger partial charge in [-0.15, -0.1) is 6.42 Å². The van der Waals surface area contributed by atoms with Gasteiger partial charge in [0.25, 0.3) is 5.91 Å². The van der Waals surface area contributed by atoms with Crippen LogP contribution in [0.3, 0.4) is 0 Å². The maximum Gasteiger partial charge on any atom is 0.269 e. The van der Waals surface area contributed by atoms with E-state index in [1.54, 1.807) is 6.33 Å². The fraction of sp³-hybridized carbons (Fsp3) is 0.0952. The minimum absolute atomic E-state index is 0.238. The summed E-state index contributed by atoms with van der Waals surface area (Å²) >= 11 is 2.30. The fourth-order valence-corrected chi connectivity index (χ4v) is 4.00. The number of carbonyl (C=O) groups excluding carboxylic acids is 1. The monoisotopic (exact) mass is 466 g/mol. The van der Waals surface area contributed by atoms with Crippen molar-refractivity contribution in [2.24, 2.45) is 10.7 Å². The van der Waals surface area contributed by atoms with E-state index in [0.29, 0.717) is 5.69 Å². The Morgan fingerprint density at radius 2 is 2.04 bits per heavy atom. The number of fused-ring (bicyclic) bond motifs is 3. The summed E-state index contributed by atoms with van der Waals surface area (Å²) in [4.78, 5) is 21.1. The molecule has 4 rings (SSSR count). The minimum atomic E-state index is -0.565. The van der Waals surface area contributed by atoms with E-state index in [2.05, 4.69) is 33.5 Å². The number of rotatable bonds is 2. The highest BCUT2D eigenvalue weighted by atomic mass is 127. The predicted octanol–water partition coefficient (Wildman–Crippen LogP) is 3.47. The molecule has 3 aromatic rings. The summed E-state index contributed by atoms with van der Waals surface area (Å²) in [5, 5.41) is 0. The van der Waals surface area contributed by atoms with Gasteiger partial charge in [0.2, 0.25) is 0 Å². The number of carbonyl (C=O) groups is 1. The van der Waals surface area contributed by atoms with E-state index < -0.39 is 5.91 Å². The highest BCUT2D eigenvalue weighted by molar-refractivity contribution is 14.1. The molecule has 6 heteroatoms. The van der Waals surface area contributed by atoms with Gasteiger partial charge in [0.15, 0.2) is 5.69 Å². The third kappa shape index (κ3) is 2.84. The van der Waals surface area contributed by atoms with Crippen LogP contribution in [0, 0.1) is 15.9 Å². The zero-order valence-electron chi connectivity index (χ0n) is 14.5. The second-order valence-electron chi connectivity index (χ2n) is 6.22. The summed E-state index contributed by atoms with van der Waals surface area (Å²) in [7, 11) is 0. The molecule has 1 amide bonds.